The molecular weight excluding hydrogens is 266 g/mol. The zero-order valence-electron chi connectivity index (χ0n) is 8.85. The van der Waals surface area contributed by atoms with Crippen molar-refractivity contribution in [3.05, 3.63) is 0 Å². The Hall–Kier alpha value is -1.46. The SMILES string of the molecule is N#CC1CCCN1C(=O)C(C(F)(F)F)C(F)(F)F. The summed E-state index contributed by atoms with van der Waals surface area (Å²) >= 11 is 0. The molecule has 0 saturated carbocycles. The number of nitrogens with zero attached hydrogens (tertiary/aromatic N) is 2. The first-order valence-electron chi connectivity index (χ1n) is 4.92. The van der Waals surface area contributed by atoms with Crippen LogP contribution in [0.4, 0.5) is 26.3 Å². The Kier molecular flexibility index (Phi) is 3.78. The van der Waals surface area contributed by atoms with Crippen LogP contribution < -0.4 is 0 Å². The molecule has 3 nitrogen and oxygen atoms in total. The van der Waals surface area contributed by atoms with Gasteiger partial charge < -0.3 is 4.90 Å². The number of nitriles is 1. The molecule has 0 aromatic carbocycles. The first-order valence-corrected chi connectivity index (χ1v) is 4.92. The van der Waals surface area contributed by atoms with Gasteiger partial charge in [0.2, 0.25) is 11.8 Å². The van der Waals surface area contributed by atoms with Crippen LogP contribution in [0.15, 0.2) is 0 Å². The van der Waals surface area contributed by atoms with E-state index in [0.717, 1.165) is 0 Å². The molecule has 1 atom stereocenters. The second kappa shape index (κ2) is 4.66. The van der Waals surface area contributed by atoms with Gasteiger partial charge in [0.05, 0.1) is 6.07 Å². The van der Waals surface area contributed by atoms with Crippen LogP contribution in [-0.4, -0.2) is 35.7 Å². The second-order valence-corrected chi connectivity index (χ2v) is 3.83. The molecule has 0 spiro atoms. The Morgan fingerprint density at radius 2 is 1.72 bits per heavy atom. The highest BCUT2D eigenvalue weighted by atomic mass is 19.4. The lowest BCUT2D eigenvalue weighted by Crippen LogP contribution is -2.50. The van der Waals surface area contributed by atoms with Gasteiger partial charge in [-0.05, 0) is 12.8 Å². The highest BCUT2D eigenvalue weighted by molar-refractivity contribution is 5.81. The monoisotopic (exact) mass is 274 g/mol. The largest absolute Gasteiger partial charge is 0.409 e. The van der Waals surface area contributed by atoms with Crippen LogP contribution in [0.2, 0.25) is 0 Å². The van der Waals surface area contributed by atoms with Gasteiger partial charge in [-0.25, -0.2) is 0 Å². The number of rotatable bonds is 1. The number of carbonyl (C=O) groups excluding carboxylic acids is 1. The molecule has 1 saturated heterocycles. The van der Waals surface area contributed by atoms with Gasteiger partial charge in [0.1, 0.15) is 6.04 Å². The Morgan fingerprint density at radius 1 is 1.22 bits per heavy atom. The Bertz CT molecular complexity index is 355. The van der Waals surface area contributed by atoms with Crippen LogP contribution in [0.25, 0.3) is 0 Å². The zero-order valence-corrected chi connectivity index (χ0v) is 8.85. The molecule has 1 unspecified atom stereocenters. The average Bonchev–Trinajstić information content (AvgIpc) is 2.59. The van der Waals surface area contributed by atoms with Crippen molar-refractivity contribution in [3.8, 4) is 6.07 Å². The van der Waals surface area contributed by atoms with Gasteiger partial charge in [-0.15, -0.1) is 0 Å². The molecule has 0 N–H and O–H groups in total. The maximum Gasteiger partial charge on any atom is 0.409 e. The van der Waals surface area contributed by atoms with Gasteiger partial charge in [0, 0.05) is 6.54 Å². The predicted octanol–water partition coefficient (Wildman–Crippen LogP) is 2.24. The van der Waals surface area contributed by atoms with Crippen molar-refractivity contribution < 1.29 is 31.1 Å². The van der Waals surface area contributed by atoms with Gasteiger partial charge in [0.25, 0.3) is 0 Å². The first-order chi connectivity index (χ1) is 8.09. The third kappa shape index (κ3) is 2.86. The van der Waals surface area contributed by atoms with Gasteiger partial charge in [-0.3, -0.25) is 4.79 Å². The molecule has 102 valence electrons. The minimum atomic E-state index is -5.71. The number of hydrogen-bond acceptors (Lipinski definition) is 2. The molecule has 0 aliphatic carbocycles. The fourth-order valence-electron chi connectivity index (χ4n) is 1.80. The third-order valence-electron chi connectivity index (χ3n) is 2.59. The quantitative estimate of drug-likeness (QED) is 0.688. The topological polar surface area (TPSA) is 44.1 Å². The van der Waals surface area contributed by atoms with Gasteiger partial charge >= 0.3 is 12.4 Å². The van der Waals surface area contributed by atoms with Crippen molar-refractivity contribution in [1.29, 1.82) is 5.26 Å². The van der Waals surface area contributed by atoms with Crippen LogP contribution in [-0.2, 0) is 4.79 Å². The van der Waals surface area contributed by atoms with Crippen molar-refractivity contribution in [2.75, 3.05) is 6.54 Å². The van der Waals surface area contributed by atoms with Crippen LogP contribution in [0, 0.1) is 17.2 Å². The van der Waals surface area contributed by atoms with Crippen molar-refractivity contribution in [2.24, 2.45) is 5.92 Å². The number of amides is 1. The lowest BCUT2D eigenvalue weighted by atomic mass is 10.1. The van der Waals surface area contributed by atoms with Crippen LogP contribution >= 0.6 is 0 Å². The number of alkyl halides is 6. The maximum absolute atomic E-state index is 12.3. The summed E-state index contributed by atoms with van der Waals surface area (Å²) in [6.07, 6.45) is -11.1. The molecule has 1 rings (SSSR count). The van der Waals surface area contributed by atoms with Gasteiger partial charge in [-0.1, -0.05) is 0 Å². The molecule has 1 heterocycles. The molecule has 0 aromatic heterocycles. The molecule has 1 aliphatic rings. The van der Waals surface area contributed by atoms with Gasteiger partial charge in [0.15, 0.2) is 0 Å². The first kappa shape index (κ1) is 14.6. The molecule has 0 aromatic rings. The molecular formula is C9H8F6N2O. The van der Waals surface area contributed by atoms with E-state index in [1.165, 1.54) is 6.07 Å². The molecule has 0 radical (unpaired) electrons. The van der Waals surface area contributed by atoms with E-state index in [1.807, 2.05) is 0 Å². The molecule has 1 amide bonds. The van der Waals surface area contributed by atoms with E-state index < -0.39 is 30.2 Å². The second-order valence-electron chi connectivity index (χ2n) is 3.83. The van der Waals surface area contributed by atoms with Crippen molar-refractivity contribution in [3.63, 3.8) is 0 Å². The summed E-state index contributed by atoms with van der Waals surface area (Å²) in [6.45, 7) is -0.264. The molecule has 1 fully saturated rings. The number of carbonyl (C=O) groups is 1. The lowest BCUT2D eigenvalue weighted by molar-refractivity contribution is -0.277. The summed E-state index contributed by atoms with van der Waals surface area (Å²) in [5.74, 6) is -6.15. The summed E-state index contributed by atoms with van der Waals surface area (Å²) in [5.41, 5.74) is 0. The lowest BCUT2D eigenvalue weighted by Gasteiger charge is -2.28. The zero-order chi connectivity index (χ0) is 14.1. The van der Waals surface area contributed by atoms with Crippen molar-refractivity contribution >= 4 is 5.91 Å². The number of likely N-dealkylation sites (tertiary alicyclic amines) is 1. The Balaban J connectivity index is 3.02. The number of hydrogen-bond donors (Lipinski definition) is 0. The van der Waals surface area contributed by atoms with E-state index in [1.54, 1.807) is 0 Å². The highest BCUT2D eigenvalue weighted by Crippen LogP contribution is 2.41. The van der Waals surface area contributed by atoms with Gasteiger partial charge in [-0.2, -0.15) is 31.6 Å². The highest BCUT2D eigenvalue weighted by Gasteiger charge is 2.62. The van der Waals surface area contributed by atoms with Crippen molar-refractivity contribution in [1.82, 2.24) is 4.90 Å². The minimum Gasteiger partial charge on any atom is -0.326 e. The maximum atomic E-state index is 12.3. The van der Waals surface area contributed by atoms with E-state index in [0.29, 0.717) is 4.90 Å². The third-order valence-corrected chi connectivity index (χ3v) is 2.59. The van der Waals surface area contributed by atoms with E-state index in [4.69, 9.17) is 5.26 Å². The van der Waals surface area contributed by atoms with E-state index >= 15 is 0 Å². The van der Waals surface area contributed by atoms with E-state index in [9.17, 15) is 31.1 Å². The fraction of sp³-hybridized carbons (Fsp3) is 0.778. The van der Waals surface area contributed by atoms with Crippen LogP contribution in [0.1, 0.15) is 12.8 Å². The summed E-state index contributed by atoms with van der Waals surface area (Å²) in [6, 6.07) is 0.305. The minimum absolute atomic E-state index is 0.0880. The van der Waals surface area contributed by atoms with Crippen molar-refractivity contribution in [2.45, 2.75) is 31.2 Å². The summed E-state index contributed by atoms with van der Waals surface area (Å²) < 4.78 is 73.8. The standard InChI is InChI=1S/C9H8F6N2O/c10-8(11,12)6(9(13,14)15)7(18)17-3-1-2-5(17)4-16/h5-6H,1-3H2. The molecule has 0 bridgehead atoms. The fourth-order valence-corrected chi connectivity index (χ4v) is 1.80. The molecule has 9 heteroatoms. The Labute approximate surface area is 98.0 Å². The predicted molar refractivity (Wildman–Crippen MR) is 45.9 cm³/mol. The molecule has 1 aliphatic heterocycles. The van der Waals surface area contributed by atoms with Crippen LogP contribution in [0.5, 0.6) is 0 Å². The van der Waals surface area contributed by atoms with Crippen LogP contribution in [0.3, 0.4) is 0 Å². The average molecular weight is 274 g/mol. The summed E-state index contributed by atoms with van der Waals surface area (Å²) in [5, 5.41) is 8.57. The summed E-state index contributed by atoms with van der Waals surface area (Å²) in [4.78, 5) is 11.7. The summed E-state index contributed by atoms with van der Waals surface area (Å²) in [7, 11) is 0. The Morgan fingerprint density at radius 3 is 2.11 bits per heavy atom. The van der Waals surface area contributed by atoms with E-state index in [2.05, 4.69) is 0 Å². The molecule has 18 heavy (non-hydrogen) atoms. The smallest absolute Gasteiger partial charge is 0.326 e. The van der Waals surface area contributed by atoms with E-state index in [-0.39, 0.29) is 19.4 Å². The number of halogens is 6. The normalized spacial score (nSPS) is 21.2.